The molecule has 4 rings (SSSR count). The Morgan fingerprint density at radius 1 is 1.14 bits per heavy atom. The van der Waals surface area contributed by atoms with E-state index in [2.05, 4.69) is 47.3 Å². The maximum absolute atomic E-state index is 12.2. The third-order valence-corrected chi connectivity index (χ3v) is 5.06. The minimum atomic E-state index is -0.122. The number of benzene rings is 2. The van der Waals surface area contributed by atoms with E-state index in [4.69, 9.17) is 9.47 Å². The fraction of sp³-hybridized carbons (Fsp3) is 0.304. The Labute approximate surface area is 170 Å². The van der Waals surface area contributed by atoms with Crippen LogP contribution in [0, 0.1) is 13.8 Å². The fourth-order valence-electron chi connectivity index (χ4n) is 3.67. The summed E-state index contributed by atoms with van der Waals surface area (Å²) in [4.78, 5) is 12.2. The molecule has 2 aromatic carbocycles. The third kappa shape index (κ3) is 4.26. The highest BCUT2D eigenvalue weighted by atomic mass is 16.5. The van der Waals surface area contributed by atoms with Gasteiger partial charge < -0.3 is 14.0 Å². The quantitative estimate of drug-likeness (QED) is 0.529. The lowest BCUT2D eigenvalue weighted by Gasteiger charge is -2.07. The van der Waals surface area contributed by atoms with Crippen molar-refractivity contribution in [3.8, 4) is 11.5 Å². The summed E-state index contributed by atoms with van der Waals surface area (Å²) in [5.41, 5.74) is 7.09. The van der Waals surface area contributed by atoms with Crippen LogP contribution >= 0.6 is 0 Å². The number of ether oxygens (including phenoxy) is 2. The summed E-state index contributed by atoms with van der Waals surface area (Å²) in [6, 6.07) is 11.9. The predicted molar refractivity (Wildman–Crippen MR) is 114 cm³/mol. The normalized spacial score (nSPS) is 13.6. The second-order valence-corrected chi connectivity index (χ2v) is 7.27. The summed E-state index contributed by atoms with van der Waals surface area (Å²) in [6.07, 6.45) is 4.94. The van der Waals surface area contributed by atoms with Gasteiger partial charge in [-0.25, -0.2) is 5.43 Å². The largest absolute Gasteiger partial charge is 0.490 e. The molecule has 150 valence electrons. The molecule has 3 aromatic rings. The Hall–Kier alpha value is -3.28. The van der Waals surface area contributed by atoms with Gasteiger partial charge in [-0.1, -0.05) is 12.1 Å². The molecule has 0 spiro atoms. The Balaban J connectivity index is 1.35. The molecule has 0 unspecified atom stereocenters. The number of hydrazone groups is 1. The average molecular weight is 391 g/mol. The van der Waals surface area contributed by atoms with Gasteiger partial charge in [0.2, 0.25) is 5.91 Å². The van der Waals surface area contributed by atoms with E-state index in [1.165, 1.54) is 16.5 Å². The first-order chi connectivity index (χ1) is 14.1. The summed E-state index contributed by atoms with van der Waals surface area (Å²) in [5.74, 6) is 1.33. The molecule has 0 saturated heterocycles. The summed E-state index contributed by atoms with van der Waals surface area (Å²) in [6.45, 7) is 6.12. The number of amides is 1. The van der Waals surface area contributed by atoms with E-state index < -0.39 is 0 Å². The van der Waals surface area contributed by atoms with E-state index in [-0.39, 0.29) is 5.91 Å². The molecule has 1 aliphatic heterocycles. The second kappa shape index (κ2) is 8.39. The molecule has 0 aliphatic carbocycles. The molecule has 6 heteroatoms. The predicted octanol–water partition coefficient (Wildman–Crippen LogP) is 3.96. The van der Waals surface area contributed by atoms with Crippen LogP contribution in [0.5, 0.6) is 11.5 Å². The van der Waals surface area contributed by atoms with Gasteiger partial charge in [0.25, 0.3) is 0 Å². The lowest BCUT2D eigenvalue weighted by Crippen LogP contribution is -2.19. The van der Waals surface area contributed by atoms with Crippen molar-refractivity contribution in [2.45, 2.75) is 33.2 Å². The van der Waals surface area contributed by atoms with E-state index in [1.54, 1.807) is 6.21 Å². The lowest BCUT2D eigenvalue weighted by atomic mass is 10.1. The number of nitrogens with zero attached hydrogens (tertiary/aromatic N) is 2. The topological polar surface area (TPSA) is 64.9 Å². The fourth-order valence-corrected chi connectivity index (χ4v) is 3.67. The van der Waals surface area contributed by atoms with Gasteiger partial charge in [0.05, 0.1) is 19.4 Å². The number of aromatic nitrogens is 1. The van der Waals surface area contributed by atoms with Gasteiger partial charge in [-0.15, -0.1) is 0 Å². The SMILES string of the molecule is Cc1cccc2c1c(C)cn2CCC(=O)N/N=C/c1ccc2c(c1)OCCCO2. The van der Waals surface area contributed by atoms with Gasteiger partial charge in [-0.3, -0.25) is 4.79 Å². The van der Waals surface area contributed by atoms with Crippen LogP contribution in [-0.4, -0.2) is 29.9 Å². The smallest absolute Gasteiger partial charge is 0.241 e. The van der Waals surface area contributed by atoms with Crippen LogP contribution in [0.2, 0.25) is 0 Å². The van der Waals surface area contributed by atoms with Gasteiger partial charge in [-0.2, -0.15) is 5.10 Å². The van der Waals surface area contributed by atoms with Crippen LogP contribution in [-0.2, 0) is 11.3 Å². The number of rotatable bonds is 5. The molecule has 29 heavy (non-hydrogen) atoms. The Morgan fingerprint density at radius 2 is 1.97 bits per heavy atom. The Morgan fingerprint density at radius 3 is 2.83 bits per heavy atom. The number of fused-ring (bicyclic) bond motifs is 2. The summed E-state index contributed by atoms with van der Waals surface area (Å²) in [7, 11) is 0. The molecule has 0 fully saturated rings. The van der Waals surface area contributed by atoms with Crippen LogP contribution in [0.3, 0.4) is 0 Å². The van der Waals surface area contributed by atoms with E-state index in [9.17, 15) is 4.79 Å². The zero-order valence-corrected chi connectivity index (χ0v) is 16.8. The monoisotopic (exact) mass is 391 g/mol. The zero-order chi connectivity index (χ0) is 20.2. The van der Waals surface area contributed by atoms with Gasteiger partial charge in [0.15, 0.2) is 11.5 Å². The van der Waals surface area contributed by atoms with Crippen molar-refractivity contribution in [2.24, 2.45) is 5.10 Å². The van der Waals surface area contributed by atoms with Gasteiger partial charge >= 0.3 is 0 Å². The zero-order valence-electron chi connectivity index (χ0n) is 16.8. The molecule has 0 radical (unpaired) electrons. The number of carbonyl (C=O) groups excluding carboxylic acids is 1. The Bertz CT molecular complexity index is 1070. The van der Waals surface area contributed by atoms with Crippen molar-refractivity contribution in [1.82, 2.24) is 9.99 Å². The number of hydrogen-bond acceptors (Lipinski definition) is 4. The van der Waals surface area contributed by atoms with Crippen LogP contribution in [0.25, 0.3) is 10.9 Å². The van der Waals surface area contributed by atoms with Crippen molar-refractivity contribution in [1.29, 1.82) is 0 Å². The number of hydrogen-bond donors (Lipinski definition) is 1. The molecule has 1 amide bonds. The Kier molecular flexibility index (Phi) is 5.51. The van der Waals surface area contributed by atoms with Crippen molar-refractivity contribution in [3.05, 3.63) is 59.3 Å². The first kappa shape index (κ1) is 19.1. The van der Waals surface area contributed by atoms with Crippen molar-refractivity contribution in [2.75, 3.05) is 13.2 Å². The maximum Gasteiger partial charge on any atom is 0.241 e. The first-order valence-electron chi connectivity index (χ1n) is 9.88. The number of nitrogens with one attached hydrogen (secondary N) is 1. The van der Waals surface area contributed by atoms with E-state index in [1.807, 2.05) is 24.3 Å². The van der Waals surface area contributed by atoms with Crippen LogP contribution in [0.1, 0.15) is 29.5 Å². The molecule has 1 aromatic heterocycles. The minimum absolute atomic E-state index is 0.122. The minimum Gasteiger partial charge on any atom is -0.490 e. The van der Waals surface area contributed by atoms with Crippen LogP contribution in [0.15, 0.2) is 47.7 Å². The molecular weight excluding hydrogens is 366 g/mol. The van der Waals surface area contributed by atoms with E-state index >= 15 is 0 Å². The molecule has 2 heterocycles. The van der Waals surface area contributed by atoms with Crippen molar-refractivity contribution in [3.63, 3.8) is 0 Å². The number of aryl methyl sites for hydroxylation is 3. The van der Waals surface area contributed by atoms with Gasteiger partial charge in [-0.05, 0) is 54.8 Å². The highest BCUT2D eigenvalue weighted by molar-refractivity contribution is 5.87. The maximum atomic E-state index is 12.2. The molecule has 6 nitrogen and oxygen atoms in total. The number of carbonyl (C=O) groups is 1. The van der Waals surface area contributed by atoms with Crippen LogP contribution in [0.4, 0.5) is 0 Å². The van der Waals surface area contributed by atoms with Gasteiger partial charge in [0, 0.05) is 36.5 Å². The standard InChI is InChI=1S/C23H25N3O3/c1-16-5-3-6-19-23(16)17(2)15-26(19)10-9-22(27)25-24-14-18-7-8-20-21(13-18)29-12-4-11-28-20/h3,5-8,13-15H,4,9-12H2,1-2H3,(H,25,27)/b24-14+. The average Bonchev–Trinajstić information content (AvgIpc) is 2.88. The first-order valence-corrected chi connectivity index (χ1v) is 9.88. The van der Waals surface area contributed by atoms with Gasteiger partial charge in [0.1, 0.15) is 0 Å². The highest BCUT2D eigenvalue weighted by Gasteiger charge is 2.11. The molecule has 0 bridgehead atoms. The summed E-state index contributed by atoms with van der Waals surface area (Å²) in [5, 5.41) is 5.34. The molecule has 1 N–H and O–H groups in total. The molecule has 0 saturated carbocycles. The third-order valence-electron chi connectivity index (χ3n) is 5.06. The van der Waals surface area contributed by atoms with E-state index in [0.717, 1.165) is 23.3 Å². The molecule has 0 atom stereocenters. The second-order valence-electron chi connectivity index (χ2n) is 7.27. The molecule has 1 aliphatic rings. The summed E-state index contributed by atoms with van der Waals surface area (Å²) < 4.78 is 13.4. The van der Waals surface area contributed by atoms with Crippen molar-refractivity contribution >= 4 is 23.0 Å². The highest BCUT2D eigenvalue weighted by Crippen LogP contribution is 2.30. The van der Waals surface area contributed by atoms with E-state index in [0.29, 0.717) is 31.9 Å². The lowest BCUT2D eigenvalue weighted by molar-refractivity contribution is -0.121. The van der Waals surface area contributed by atoms with Crippen LogP contribution < -0.4 is 14.9 Å². The molecular formula is C23H25N3O3. The summed E-state index contributed by atoms with van der Waals surface area (Å²) >= 11 is 0. The van der Waals surface area contributed by atoms with Crippen molar-refractivity contribution < 1.29 is 14.3 Å².